The maximum absolute atomic E-state index is 14.8. The van der Waals surface area contributed by atoms with E-state index in [9.17, 15) is 31.9 Å². The number of para-hydroxylation sites is 1. The van der Waals surface area contributed by atoms with Crippen LogP contribution < -0.4 is 15.5 Å². The fourth-order valence-electron chi connectivity index (χ4n) is 4.51. The zero-order valence-corrected chi connectivity index (χ0v) is 22.5. The lowest BCUT2D eigenvalue weighted by Gasteiger charge is -2.31. The predicted molar refractivity (Wildman–Crippen MR) is 138 cm³/mol. The number of carbonyl (C=O) groups is 3. The molecule has 0 fully saturated rings. The smallest absolute Gasteiger partial charge is 0.416 e. The SMILES string of the molecule is CC(C)N1C(=O)[C@H](NC(=O)[C@@H](Cc2ccccc2C(F)(F)F)NC(=O)OC(C)(C)C)CCc2cccc(F)c21. The van der Waals surface area contributed by atoms with Crippen LogP contribution in [0.25, 0.3) is 0 Å². The summed E-state index contributed by atoms with van der Waals surface area (Å²) in [6.07, 6.45) is -5.80. The number of benzene rings is 2. The van der Waals surface area contributed by atoms with Crippen molar-refractivity contribution in [2.24, 2.45) is 0 Å². The molecule has 1 aliphatic rings. The quantitative estimate of drug-likeness (QED) is 0.486. The molecule has 1 heterocycles. The molecular formula is C28H33F4N3O4. The highest BCUT2D eigenvalue weighted by Crippen LogP contribution is 2.33. The Morgan fingerprint density at radius 3 is 2.36 bits per heavy atom. The molecule has 1 aliphatic heterocycles. The van der Waals surface area contributed by atoms with Gasteiger partial charge in [-0.1, -0.05) is 30.3 Å². The third-order valence-electron chi connectivity index (χ3n) is 6.14. The van der Waals surface area contributed by atoms with Crippen LogP contribution in [0, 0.1) is 5.82 Å². The van der Waals surface area contributed by atoms with Gasteiger partial charge in [-0.05, 0) is 70.7 Å². The number of halogens is 4. The number of aryl methyl sites for hydroxylation is 1. The highest BCUT2D eigenvalue weighted by molar-refractivity contribution is 6.01. The predicted octanol–water partition coefficient (Wildman–Crippen LogP) is 5.15. The summed E-state index contributed by atoms with van der Waals surface area (Å²) in [6.45, 7) is 8.21. The van der Waals surface area contributed by atoms with E-state index in [2.05, 4.69) is 10.6 Å². The maximum Gasteiger partial charge on any atom is 0.416 e. The fourth-order valence-corrected chi connectivity index (χ4v) is 4.51. The molecule has 0 saturated carbocycles. The summed E-state index contributed by atoms with van der Waals surface area (Å²) in [4.78, 5) is 40.8. The van der Waals surface area contributed by atoms with E-state index in [-0.39, 0.29) is 24.1 Å². The van der Waals surface area contributed by atoms with Gasteiger partial charge < -0.3 is 20.3 Å². The lowest BCUT2D eigenvalue weighted by atomic mass is 9.98. The van der Waals surface area contributed by atoms with Gasteiger partial charge in [0.2, 0.25) is 11.8 Å². The van der Waals surface area contributed by atoms with Gasteiger partial charge in [-0.25, -0.2) is 9.18 Å². The molecule has 0 saturated heterocycles. The third kappa shape index (κ3) is 7.48. The summed E-state index contributed by atoms with van der Waals surface area (Å²) in [5, 5.41) is 4.95. The van der Waals surface area contributed by atoms with Crippen molar-refractivity contribution in [3.05, 3.63) is 65.0 Å². The lowest BCUT2D eigenvalue weighted by molar-refractivity contribution is -0.138. The van der Waals surface area contributed by atoms with Crippen LogP contribution in [-0.2, 0) is 33.3 Å². The van der Waals surface area contributed by atoms with Crippen LogP contribution in [0.5, 0.6) is 0 Å². The Morgan fingerprint density at radius 2 is 1.74 bits per heavy atom. The van der Waals surface area contributed by atoms with Crippen LogP contribution in [0.2, 0.25) is 0 Å². The summed E-state index contributed by atoms with van der Waals surface area (Å²) >= 11 is 0. The van der Waals surface area contributed by atoms with Crippen molar-refractivity contribution in [3.63, 3.8) is 0 Å². The molecule has 0 unspecified atom stereocenters. The normalized spacial score (nSPS) is 16.8. The van der Waals surface area contributed by atoms with Crippen molar-refractivity contribution in [2.45, 2.75) is 83.8 Å². The summed E-state index contributed by atoms with van der Waals surface area (Å²) in [5.74, 6) is -2.00. The third-order valence-corrected chi connectivity index (χ3v) is 6.14. The van der Waals surface area contributed by atoms with Crippen molar-refractivity contribution in [2.75, 3.05) is 4.90 Å². The van der Waals surface area contributed by atoms with Crippen molar-refractivity contribution >= 4 is 23.6 Å². The van der Waals surface area contributed by atoms with E-state index in [4.69, 9.17) is 4.74 Å². The number of nitrogens with one attached hydrogen (secondary N) is 2. The molecule has 0 aliphatic carbocycles. The Kier molecular flexibility index (Phi) is 8.92. The van der Waals surface area contributed by atoms with Crippen molar-refractivity contribution in [1.82, 2.24) is 10.6 Å². The van der Waals surface area contributed by atoms with E-state index in [1.165, 1.54) is 35.2 Å². The first-order valence-electron chi connectivity index (χ1n) is 12.6. The number of amides is 3. The zero-order valence-electron chi connectivity index (χ0n) is 22.5. The second-order valence-electron chi connectivity index (χ2n) is 10.7. The van der Waals surface area contributed by atoms with Crippen LogP contribution in [0.15, 0.2) is 42.5 Å². The number of fused-ring (bicyclic) bond motifs is 1. The zero-order chi connectivity index (χ0) is 29.1. The van der Waals surface area contributed by atoms with Gasteiger partial charge in [0.15, 0.2) is 0 Å². The number of hydrogen-bond donors (Lipinski definition) is 2. The number of rotatable bonds is 6. The van der Waals surface area contributed by atoms with Gasteiger partial charge in [-0.2, -0.15) is 13.2 Å². The highest BCUT2D eigenvalue weighted by Gasteiger charge is 2.38. The molecule has 212 valence electrons. The van der Waals surface area contributed by atoms with Crippen LogP contribution in [-0.4, -0.2) is 41.6 Å². The van der Waals surface area contributed by atoms with E-state index in [1.54, 1.807) is 40.7 Å². The van der Waals surface area contributed by atoms with Crippen LogP contribution >= 0.6 is 0 Å². The van der Waals surface area contributed by atoms with Gasteiger partial charge in [-0.15, -0.1) is 0 Å². The highest BCUT2D eigenvalue weighted by atomic mass is 19.4. The summed E-state index contributed by atoms with van der Waals surface area (Å²) in [6, 6.07) is 6.17. The Bertz CT molecular complexity index is 1220. The molecule has 2 N–H and O–H groups in total. The number of alkyl halides is 3. The molecule has 0 spiro atoms. The monoisotopic (exact) mass is 551 g/mol. The van der Waals surface area contributed by atoms with E-state index in [0.29, 0.717) is 5.56 Å². The van der Waals surface area contributed by atoms with E-state index >= 15 is 0 Å². The van der Waals surface area contributed by atoms with E-state index < -0.39 is 65.6 Å². The molecule has 2 aromatic carbocycles. The first-order valence-corrected chi connectivity index (χ1v) is 12.6. The van der Waals surface area contributed by atoms with Gasteiger partial charge >= 0.3 is 12.3 Å². The summed E-state index contributed by atoms with van der Waals surface area (Å²) < 4.78 is 60.9. The Balaban J connectivity index is 1.91. The van der Waals surface area contributed by atoms with Gasteiger partial charge in [-0.3, -0.25) is 9.59 Å². The number of carbonyl (C=O) groups excluding carboxylic acids is 3. The molecule has 0 aromatic heterocycles. The number of ether oxygens (including phenoxy) is 1. The topological polar surface area (TPSA) is 87.7 Å². The number of hydrogen-bond acceptors (Lipinski definition) is 4. The molecule has 39 heavy (non-hydrogen) atoms. The summed E-state index contributed by atoms with van der Waals surface area (Å²) in [5.41, 5.74) is -1.36. The molecule has 0 bridgehead atoms. The molecule has 7 nitrogen and oxygen atoms in total. The first kappa shape index (κ1) is 29.9. The second kappa shape index (κ2) is 11.6. The molecule has 3 amide bonds. The standard InChI is InChI=1S/C28H33F4N3O4/c1-16(2)35-23-17(10-8-12-20(23)29)13-14-21(25(35)37)33-24(36)22(34-26(38)39-27(3,4)5)15-18-9-6-7-11-19(18)28(30,31)32/h6-12,16,21-22H,13-15H2,1-5H3,(H,33,36)(H,34,38)/t21-,22-/m1/s1. The van der Waals surface area contributed by atoms with Gasteiger partial charge in [0, 0.05) is 12.5 Å². The molecule has 2 aromatic rings. The maximum atomic E-state index is 14.8. The molecule has 11 heteroatoms. The Morgan fingerprint density at radius 1 is 1.08 bits per heavy atom. The van der Waals surface area contributed by atoms with Crippen LogP contribution in [0.3, 0.4) is 0 Å². The van der Waals surface area contributed by atoms with Crippen molar-refractivity contribution < 1.29 is 36.7 Å². The number of alkyl carbamates (subject to hydrolysis) is 1. The molecule has 0 radical (unpaired) electrons. The van der Waals surface area contributed by atoms with Gasteiger partial charge in [0.1, 0.15) is 23.5 Å². The average molecular weight is 552 g/mol. The molecule has 2 atom stereocenters. The lowest BCUT2D eigenvalue weighted by Crippen LogP contribution is -2.56. The minimum absolute atomic E-state index is 0.128. The Hall–Kier alpha value is -3.63. The average Bonchev–Trinajstić information content (AvgIpc) is 2.94. The van der Waals surface area contributed by atoms with Gasteiger partial charge in [0.25, 0.3) is 0 Å². The number of nitrogens with zero attached hydrogens (tertiary/aromatic N) is 1. The minimum Gasteiger partial charge on any atom is -0.444 e. The summed E-state index contributed by atoms with van der Waals surface area (Å²) in [7, 11) is 0. The van der Waals surface area contributed by atoms with Crippen LogP contribution in [0.1, 0.15) is 57.7 Å². The van der Waals surface area contributed by atoms with Crippen molar-refractivity contribution in [1.29, 1.82) is 0 Å². The second-order valence-corrected chi connectivity index (χ2v) is 10.7. The minimum atomic E-state index is -4.69. The number of anilines is 1. The van der Waals surface area contributed by atoms with E-state index in [0.717, 1.165) is 6.07 Å². The molecule has 3 rings (SSSR count). The fraction of sp³-hybridized carbons (Fsp3) is 0.464. The van der Waals surface area contributed by atoms with Crippen molar-refractivity contribution in [3.8, 4) is 0 Å². The first-order chi connectivity index (χ1) is 18.1. The van der Waals surface area contributed by atoms with Gasteiger partial charge in [0.05, 0.1) is 11.3 Å². The van der Waals surface area contributed by atoms with E-state index in [1.807, 2.05) is 0 Å². The molecular weight excluding hydrogens is 518 g/mol. The largest absolute Gasteiger partial charge is 0.444 e. The van der Waals surface area contributed by atoms with Crippen LogP contribution in [0.4, 0.5) is 28.0 Å². The Labute approximate surface area is 224 Å².